The fourth-order valence-corrected chi connectivity index (χ4v) is 2.68. The third-order valence-electron chi connectivity index (χ3n) is 2.68. The van der Waals surface area contributed by atoms with Gasteiger partial charge >= 0.3 is 0 Å². The molecule has 2 rings (SSSR count). The topological polar surface area (TPSA) is 49.3 Å². The lowest BCUT2D eigenvalue weighted by atomic mass is 9.99. The van der Waals surface area contributed by atoms with Crippen molar-refractivity contribution in [2.75, 3.05) is 5.32 Å². The molecular formula is C13H9Cl4NO2. The zero-order chi connectivity index (χ0) is 15.0. The Bertz CT molecular complexity index is 594. The molecule has 3 nitrogen and oxygen atoms in total. The molecule has 1 aliphatic carbocycles. The van der Waals surface area contributed by atoms with Crippen molar-refractivity contribution in [3.05, 3.63) is 53.1 Å². The molecular weight excluding hydrogens is 344 g/mol. The van der Waals surface area contributed by atoms with Crippen molar-refractivity contribution in [3.8, 4) is 0 Å². The highest BCUT2D eigenvalue weighted by Crippen LogP contribution is 2.47. The third-order valence-corrected chi connectivity index (χ3v) is 4.35. The van der Waals surface area contributed by atoms with E-state index in [1.54, 1.807) is 30.3 Å². The highest BCUT2D eigenvalue weighted by molar-refractivity contribution is 6.56. The van der Waals surface area contributed by atoms with E-state index < -0.39 is 15.3 Å². The number of carbonyl (C=O) groups excluding carboxylic acids is 1. The van der Waals surface area contributed by atoms with Gasteiger partial charge in [-0.1, -0.05) is 64.6 Å². The van der Waals surface area contributed by atoms with Gasteiger partial charge in [-0.25, -0.2) is 0 Å². The summed E-state index contributed by atoms with van der Waals surface area (Å²) in [6, 6.07) is 8.66. The number of alkyl halides is 3. The van der Waals surface area contributed by atoms with Crippen molar-refractivity contribution in [2.24, 2.45) is 0 Å². The van der Waals surface area contributed by atoms with Gasteiger partial charge in [0.25, 0.3) is 5.91 Å². The predicted molar refractivity (Wildman–Crippen MR) is 82.3 cm³/mol. The molecule has 1 atom stereocenters. The predicted octanol–water partition coefficient (Wildman–Crippen LogP) is 3.79. The SMILES string of the molecule is O=C(Nc1ccccc1)C1=CC(Cl)=CC(Cl)(Cl)C1(O)Cl. The second-order valence-electron chi connectivity index (χ2n) is 4.15. The highest BCUT2D eigenvalue weighted by Gasteiger charge is 2.52. The Hall–Kier alpha value is -0.710. The van der Waals surface area contributed by atoms with Crippen LogP contribution >= 0.6 is 46.4 Å². The first kappa shape index (κ1) is 15.7. The molecule has 1 unspecified atom stereocenters. The van der Waals surface area contributed by atoms with E-state index in [9.17, 15) is 9.90 Å². The summed E-state index contributed by atoms with van der Waals surface area (Å²) in [4.78, 5) is 12.2. The van der Waals surface area contributed by atoms with E-state index in [2.05, 4.69) is 5.32 Å². The molecule has 0 saturated heterocycles. The summed E-state index contributed by atoms with van der Waals surface area (Å²) in [5.74, 6) is -0.648. The molecule has 0 fully saturated rings. The van der Waals surface area contributed by atoms with Crippen LogP contribution in [-0.2, 0) is 4.79 Å². The standard InChI is InChI=1S/C13H9Cl4NO2/c14-8-6-10(13(17,20)12(15,16)7-8)11(19)18-9-4-2-1-3-5-9/h1-7,20H,(H,18,19). The monoisotopic (exact) mass is 351 g/mol. The number of nitrogens with one attached hydrogen (secondary N) is 1. The summed E-state index contributed by atoms with van der Waals surface area (Å²) in [5, 5.41) is 10.6. The van der Waals surface area contributed by atoms with Crippen LogP contribution in [0.2, 0.25) is 0 Å². The van der Waals surface area contributed by atoms with Crippen LogP contribution in [0.25, 0.3) is 0 Å². The van der Waals surface area contributed by atoms with Crippen LogP contribution in [0.3, 0.4) is 0 Å². The molecule has 0 aliphatic heterocycles. The van der Waals surface area contributed by atoms with Crippen LogP contribution in [0.15, 0.2) is 53.1 Å². The number of para-hydroxylation sites is 1. The number of hydrogen-bond acceptors (Lipinski definition) is 2. The van der Waals surface area contributed by atoms with Gasteiger partial charge in [0, 0.05) is 10.7 Å². The van der Waals surface area contributed by atoms with Gasteiger partial charge in [0.15, 0.2) is 4.33 Å². The molecule has 7 heteroatoms. The van der Waals surface area contributed by atoms with Crippen LogP contribution in [0.5, 0.6) is 0 Å². The van der Waals surface area contributed by atoms with E-state index in [1.165, 1.54) is 6.08 Å². The number of amides is 1. The summed E-state index contributed by atoms with van der Waals surface area (Å²) in [6.07, 6.45) is 2.37. The summed E-state index contributed by atoms with van der Waals surface area (Å²) in [5.41, 5.74) is 0.298. The first-order valence-electron chi connectivity index (χ1n) is 5.50. The van der Waals surface area contributed by atoms with Gasteiger partial charge in [-0.05, 0) is 24.3 Å². The molecule has 0 heterocycles. The molecule has 0 bridgehead atoms. The minimum Gasteiger partial charge on any atom is -0.368 e. The maximum atomic E-state index is 12.2. The minimum atomic E-state index is -2.28. The molecule has 1 aromatic carbocycles. The Balaban J connectivity index is 2.32. The van der Waals surface area contributed by atoms with Crippen molar-refractivity contribution in [3.63, 3.8) is 0 Å². The van der Waals surface area contributed by atoms with Gasteiger partial charge in [0.05, 0.1) is 5.57 Å². The lowest BCUT2D eigenvalue weighted by molar-refractivity contribution is -0.114. The van der Waals surface area contributed by atoms with Crippen LogP contribution in [0, 0.1) is 0 Å². The average molecular weight is 353 g/mol. The molecule has 2 N–H and O–H groups in total. The number of hydrogen-bond donors (Lipinski definition) is 2. The average Bonchev–Trinajstić information content (AvgIpc) is 2.34. The quantitative estimate of drug-likeness (QED) is 0.795. The van der Waals surface area contributed by atoms with Gasteiger partial charge in [-0.2, -0.15) is 0 Å². The molecule has 1 amide bonds. The zero-order valence-corrected chi connectivity index (χ0v) is 12.9. The van der Waals surface area contributed by atoms with Crippen LogP contribution in [0.1, 0.15) is 0 Å². The summed E-state index contributed by atoms with van der Waals surface area (Å²) >= 11 is 23.6. The number of carbonyl (C=O) groups is 1. The van der Waals surface area contributed by atoms with Crippen molar-refractivity contribution in [1.82, 2.24) is 0 Å². The fraction of sp³-hybridized carbons (Fsp3) is 0.154. The lowest BCUT2D eigenvalue weighted by Crippen LogP contribution is -2.47. The molecule has 0 aromatic heterocycles. The normalized spacial score (nSPS) is 24.6. The van der Waals surface area contributed by atoms with Crippen LogP contribution < -0.4 is 5.32 Å². The van der Waals surface area contributed by atoms with Crippen LogP contribution in [-0.4, -0.2) is 20.4 Å². The first-order valence-corrected chi connectivity index (χ1v) is 7.01. The molecule has 1 aromatic rings. The number of aliphatic hydroxyl groups is 1. The molecule has 0 spiro atoms. The third kappa shape index (κ3) is 2.97. The van der Waals surface area contributed by atoms with E-state index >= 15 is 0 Å². The molecule has 20 heavy (non-hydrogen) atoms. The number of allylic oxidation sites excluding steroid dienone is 2. The van der Waals surface area contributed by atoms with E-state index in [0.29, 0.717) is 5.69 Å². The second kappa shape index (κ2) is 5.58. The summed E-state index contributed by atoms with van der Waals surface area (Å²) in [6.45, 7) is 0. The van der Waals surface area contributed by atoms with Gasteiger partial charge in [0.1, 0.15) is 0 Å². The van der Waals surface area contributed by atoms with Crippen molar-refractivity contribution < 1.29 is 9.90 Å². The number of anilines is 1. The van der Waals surface area contributed by atoms with Crippen LogP contribution in [0.4, 0.5) is 5.69 Å². The van der Waals surface area contributed by atoms with Crippen molar-refractivity contribution >= 4 is 58.0 Å². The van der Waals surface area contributed by atoms with E-state index in [4.69, 9.17) is 46.4 Å². The Morgan fingerprint density at radius 1 is 1.15 bits per heavy atom. The number of benzene rings is 1. The number of halogens is 4. The van der Waals surface area contributed by atoms with Gasteiger partial charge in [0.2, 0.25) is 5.06 Å². The number of rotatable bonds is 2. The summed E-state index contributed by atoms with van der Waals surface area (Å²) in [7, 11) is 0. The Labute approximate surface area is 135 Å². The molecule has 0 radical (unpaired) electrons. The Morgan fingerprint density at radius 3 is 2.35 bits per heavy atom. The van der Waals surface area contributed by atoms with Gasteiger partial charge in [-0.15, -0.1) is 0 Å². The van der Waals surface area contributed by atoms with E-state index in [-0.39, 0.29) is 10.6 Å². The highest BCUT2D eigenvalue weighted by atomic mass is 35.5. The second-order valence-corrected chi connectivity index (χ2v) is 6.52. The summed E-state index contributed by atoms with van der Waals surface area (Å²) < 4.78 is -1.91. The lowest BCUT2D eigenvalue weighted by Gasteiger charge is -2.35. The molecule has 106 valence electrons. The smallest absolute Gasteiger partial charge is 0.255 e. The Morgan fingerprint density at radius 2 is 1.75 bits per heavy atom. The maximum Gasteiger partial charge on any atom is 0.255 e. The largest absolute Gasteiger partial charge is 0.368 e. The van der Waals surface area contributed by atoms with E-state index in [1.807, 2.05) is 0 Å². The fourth-order valence-electron chi connectivity index (χ4n) is 1.66. The molecule has 0 saturated carbocycles. The Kier molecular flexibility index (Phi) is 4.38. The van der Waals surface area contributed by atoms with Gasteiger partial charge < -0.3 is 10.4 Å². The van der Waals surface area contributed by atoms with Crippen molar-refractivity contribution in [1.29, 1.82) is 0 Å². The van der Waals surface area contributed by atoms with Gasteiger partial charge in [-0.3, -0.25) is 4.79 Å². The minimum absolute atomic E-state index is 0.110. The molecule has 1 aliphatic rings. The van der Waals surface area contributed by atoms with Crippen molar-refractivity contribution in [2.45, 2.75) is 9.39 Å². The van der Waals surface area contributed by atoms with E-state index in [0.717, 1.165) is 6.08 Å². The zero-order valence-electron chi connectivity index (χ0n) is 9.91. The first-order chi connectivity index (χ1) is 9.24. The maximum absolute atomic E-state index is 12.2.